The van der Waals surface area contributed by atoms with Crippen LogP contribution >= 0.6 is 0 Å². The van der Waals surface area contributed by atoms with Gasteiger partial charge in [0.1, 0.15) is 5.82 Å². The standard InChI is InChI=1S/C21H21N3O3S/c1-13-4-6-17(7-5-13)24-20(18-11-28(26,27)12-19(18)23-24)22-21(25)16-9-14(2)8-15(3)10-16/h4-10H,11-12H2,1-3H3,(H,22,25). The van der Waals surface area contributed by atoms with Crippen LogP contribution in [0.5, 0.6) is 0 Å². The minimum Gasteiger partial charge on any atom is -0.306 e. The van der Waals surface area contributed by atoms with Crippen LogP contribution < -0.4 is 5.32 Å². The smallest absolute Gasteiger partial charge is 0.256 e. The fourth-order valence-electron chi connectivity index (χ4n) is 3.53. The molecule has 0 radical (unpaired) electrons. The first-order valence-corrected chi connectivity index (χ1v) is 10.8. The molecule has 3 aromatic rings. The molecule has 1 aliphatic rings. The summed E-state index contributed by atoms with van der Waals surface area (Å²) in [7, 11) is -3.23. The molecule has 0 saturated heterocycles. The van der Waals surface area contributed by atoms with E-state index in [4.69, 9.17) is 0 Å². The number of nitrogens with zero attached hydrogens (tertiary/aromatic N) is 2. The number of benzene rings is 2. The molecule has 1 N–H and O–H groups in total. The number of carbonyl (C=O) groups excluding carboxylic acids is 1. The molecule has 2 heterocycles. The zero-order valence-electron chi connectivity index (χ0n) is 16.0. The Morgan fingerprint density at radius 2 is 1.61 bits per heavy atom. The number of hydrogen-bond acceptors (Lipinski definition) is 4. The maximum atomic E-state index is 12.9. The number of anilines is 1. The Labute approximate surface area is 164 Å². The highest BCUT2D eigenvalue weighted by molar-refractivity contribution is 7.90. The van der Waals surface area contributed by atoms with Crippen molar-refractivity contribution in [2.24, 2.45) is 0 Å². The molecular formula is C21H21N3O3S. The van der Waals surface area contributed by atoms with Gasteiger partial charge in [0.2, 0.25) is 0 Å². The lowest BCUT2D eigenvalue weighted by atomic mass is 10.1. The predicted octanol–water partition coefficient (Wildman–Crippen LogP) is 3.48. The lowest BCUT2D eigenvalue weighted by Crippen LogP contribution is -2.17. The van der Waals surface area contributed by atoms with Gasteiger partial charge in [0.25, 0.3) is 5.91 Å². The molecule has 0 saturated carbocycles. The van der Waals surface area contributed by atoms with Gasteiger partial charge < -0.3 is 5.32 Å². The van der Waals surface area contributed by atoms with Crippen LogP contribution in [0, 0.1) is 20.8 Å². The van der Waals surface area contributed by atoms with Crippen molar-refractivity contribution in [2.75, 3.05) is 5.32 Å². The van der Waals surface area contributed by atoms with Crippen molar-refractivity contribution >= 4 is 21.6 Å². The summed E-state index contributed by atoms with van der Waals surface area (Å²) in [4.78, 5) is 12.9. The molecule has 0 unspecified atom stereocenters. The van der Waals surface area contributed by atoms with Crippen LogP contribution in [0.15, 0.2) is 42.5 Å². The molecule has 6 nitrogen and oxygen atoms in total. The number of fused-ring (bicyclic) bond motifs is 1. The van der Waals surface area contributed by atoms with E-state index in [0.717, 1.165) is 22.4 Å². The van der Waals surface area contributed by atoms with E-state index in [9.17, 15) is 13.2 Å². The van der Waals surface area contributed by atoms with Crippen LogP contribution in [0.1, 0.15) is 38.3 Å². The first kappa shape index (κ1) is 18.4. The van der Waals surface area contributed by atoms with E-state index in [1.807, 2.05) is 63.2 Å². The van der Waals surface area contributed by atoms with Crippen molar-refractivity contribution in [1.29, 1.82) is 0 Å². The lowest BCUT2D eigenvalue weighted by molar-refractivity contribution is 0.102. The molecule has 1 amide bonds. The summed E-state index contributed by atoms with van der Waals surface area (Å²) in [6.07, 6.45) is 0. The van der Waals surface area contributed by atoms with Gasteiger partial charge >= 0.3 is 0 Å². The van der Waals surface area contributed by atoms with Crippen molar-refractivity contribution in [1.82, 2.24) is 9.78 Å². The summed E-state index contributed by atoms with van der Waals surface area (Å²) in [6.45, 7) is 5.86. The Bertz CT molecular complexity index is 1170. The van der Waals surface area contributed by atoms with Gasteiger partial charge in [-0.1, -0.05) is 34.9 Å². The number of nitrogens with one attached hydrogen (secondary N) is 1. The van der Waals surface area contributed by atoms with Crippen LogP contribution in [0.3, 0.4) is 0 Å². The Morgan fingerprint density at radius 1 is 0.964 bits per heavy atom. The monoisotopic (exact) mass is 395 g/mol. The predicted molar refractivity (Wildman–Crippen MR) is 108 cm³/mol. The summed E-state index contributed by atoms with van der Waals surface area (Å²) in [6, 6.07) is 13.3. The lowest BCUT2D eigenvalue weighted by Gasteiger charge is -2.12. The number of aromatic nitrogens is 2. The van der Waals surface area contributed by atoms with Gasteiger partial charge in [0, 0.05) is 11.1 Å². The highest BCUT2D eigenvalue weighted by atomic mass is 32.2. The second-order valence-corrected chi connectivity index (χ2v) is 9.45. The van der Waals surface area contributed by atoms with Gasteiger partial charge in [-0.15, -0.1) is 0 Å². The number of amides is 1. The SMILES string of the molecule is Cc1ccc(-n2nc3c(c2NC(=O)c2cc(C)cc(C)c2)CS(=O)(=O)C3)cc1. The minimum absolute atomic E-state index is 0.104. The first-order valence-electron chi connectivity index (χ1n) is 9.00. The zero-order valence-corrected chi connectivity index (χ0v) is 16.8. The van der Waals surface area contributed by atoms with Gasteiger partial charge in [-0.05, 0) is 45.0 Å². The van der Waals surface area contributed by atoms with E-state index < -0.39 is 9.84 Å². The second kappa shape index (κ2) is 6.60. The maximum absolute atomic E-state index is 12.9. The van der Waals surface area contributed by atoms with Crippen LogP contribution in [0.2, 0.25) is 0 Å². The highest BCUT2D eigenvalue weighted by Gasteiger charge is 2.33. The quantitative estimate of drug-likeness (QED) is 0.736. The molecule has 144 valence electrons. The first-order chi connectivity index (χ1) is 13.2. The Hall–Kier alpha value is -2.93. The zero-order chi connectivity index (χ0) is 20.1. The number of sulfone groups is 1. The Kier molecular flexibility index (Phi) is 4.34. The number of rotatable bonds is 3. The number of aryl methyl sites for hydroxylation is 3. The molecule has 0 fully saturated rings. The third kappa shape index (κ3) is 3.45. The van der Waals surface area contributed by atoms with Crippen LogP contribution in [0.25, 0.3) is 5.69 Å². The third-order valence-corrected chi connectivity index (χ3v) is 6.22. The van der Waals surface area contributed by atoms with E-state index in [1.165, 1.54) is 0 Å². The van der Waals surface area contributed by atoms with Crippen molar-refractivity contribution in [3.8, 4) is 5.69 Å². The fraction of sp³-hybridized carbons (Fsp3) is 0.238. The molecule has 0 spiro atoms. The molecule has 0 atom stereocenters. The van der Waals surface area contributed by atoms with Gasteiger partial charge in [-0.25, -0.2) is 13.1 Å². The summed E-state index contributed by atoms with van der Waals surface area (Å²) >= 11 is 0. The fourth-order valence-corrected chi connectivity index (χ4v) is 5.02. The summed E-state index contributed by atoms with van der Waals surface area (Å²) < 4.78 is 25.8. The topological polar surface area (TPSA) is 81.1 Å². The largest absolute Gasteiger partial charge is 0.306 e. The molecule has 0 aliphatic carbocycles. The molecule has 7 heteroatoms. The molecule has 28 heavy (non-hydrogen) atoms. The molecule has 2 aromatic carbocycles. The van der Waals surface area contributed by atoms with Crippen molar-refractivity contribution in [3.63, 3.8) is 0 Å². The Balaban J connectivity index is 1.78. The third-order valence-electron chi connectivity index (χ3n) is 4.78. The summed E-state index contributed by atoms with van der Waals surface area (Å²) in [5.74, 6) is -0.0826. The van der Waals surface area contributed by atoms with E-state index in [0.29, 0.717) is 22.6 Å². The minimum atomic E-state index is -3.23. The van der Waals surface area contributed by atoms with E-state index in [1.54, 1.807) is 4.68 Å². The summed E-state index contributed by atoms with van der Waals surface area (Å²) in [5, 5.41) is 7.40. The van der Waals surface area contributed by atoms with Crippen LogP contribution in [0.4, 0.5) is 5.82 Å². The molecule has 4 rings (SSSR count). The molecule has 1 aliphatic heterocycles. The van der Waals surface area contributed by atoms with Crippen LogP contribution in [-0.4, -0.2) is 24.1 Å². The average Bonchev–Trinajstić information content (AvgIpc) is 3.07. The van der Waals surface area contributed by atoms with Crippen molar-refractivity contribution < 1.29 is 13.2 Å². The molecular weight excluding hydrogens is 374 g/mol. The van der Waals surface area contributed by atoms with Gasteiger partial charge in [-0.2, -0.15) is 5.10 Å². The summed E-state index contributed by atoms with van der Waals surface area (Å²) in [5.41, 5.74) is 5.45. The maximum Gasteiger partial charge on any atom is 0.256 e. The van der Waals surface area contributed by atoms with Gasteiger partial charge in [-0.3, -0.25) is 4.79 Å². The van der Waals surface area contributed by atoms with Crippen molar-refractivity contribution in [2.45, 2.75) is 32.3 Å². The number of hydrogen-bond donors (Lipinski definition) is 1. The molecule has 1 aromatic heterocycles. The average molecular weight is 395 g/mol. The van der Waals surface area contributed by atoms with E-state index >= 15 is 0 Å². The Morgan fingerprint density at radius 3 is 2.25 bits per heavy atom. The molecule has 0 bridgehead atoms. The normalized spacial score (nSPS) is 14.7. The van der Waals surface area contributed by atoms with Crippen LogP contribution in [-0.2, 0) is 21.3 Å². The van der Waals surface area contributed by atoms with E-state index in [-0.39, 0.29) is 17.4 Å². The van der Waals surface area contributed by atoms with Gasteiger partial charge in [0.05, 0.1) is 22.9 Å². The van der Waals surface area contributed by atoms with Gasteiger partial charge in [0.15, 0.2) is 9.84 Å². The number of carbonyl (C=O) groups is 1. The highest BCUT2D eigenvalue weighted by Crippen LogP contribution is 2.33. The second-order valence-electron chi connectivity index (χ2n) is 7.38. The van der Waals surface area contributed by atoms with E-state index in [2.05, 4.69) is 10.4 Å². The van der Waals surface area contributed by atoms with Crippen molar-refractivity contribution in [3.05, 3.63) is 76.0 Å².